The minimum Gasteiger partial charge on any atom is -0.480 e. The summed E-state index contributed by atoms with van der Waals surface area (Å²) in [7, 11) is -4.11. The lowest BCUT2D eigenvalue weighted by atomic mass is 10.1. The lowest BCUT2D eigenvalue weighted by Gasteiger charge is -2.10. The average Bonchev–Trinajstić information content (AvgIpc) is 2.17. The van der Waals surface area contributed by atoms with Gasteiger partial charge in [-0.25, -0.2) is 0 Å². The van der Waals surface area contributed by atoms with Gasteiger partial charge in [-0.05, 0) is 11.1 Å². The van der Waals surface area contributed by atoms with Gasteiger partial charge in [0.1, 0.15) is 0 Å². The van der Waals surface area contributed by atoms with Gasteiger partial charge in [-0.1, -0.05) is 24.3 Å². The Hall–Kier alpha value is -1.20. The summed E-state index contributed by atoms with van der Waals surface area (Å²) in [5.74, 6) is -0.975. The van der Waals surface area contributed by atoms with Crippen LogP contribution in [0.4, 0.5) is 0 Å². The molecule has 1 aromatic carbocycles. The lowest BCUT2D eigenvalue weighted by Crippen LogP contribution is -2.22. The molecule has 0 fully saturated rings. The summed E-state index contributed by atoms with van der Waals surface area (Å²) in [5, 5.41) is 11.1. The van der Waals surface area contributed by atoms with Gasteiger partial charge in [-0.3, -0.25) is 9.36 Å². The van der Waals surface area contributed by atoms with E-state index in [1.807, 2.05) is 0 Å². The second kappa shape index (κ2) is 5.93. The van der Waals surface area contributed by atoms with E-state index in [4.69, 9.17) is 14.9 Å². The van der Waals surface area contributed by atoms with E-state index in [9.17, 15) is 9.36 Å². The molecule has 0 radical (unpaired) electrons. The molecule has 0 saturated carbocycles. The number of carboxylic acid groups (broad SMARTS) is 1. The summed E-state index contributed by atoms with van der Waals surface area (Å²) in [4.78, 5) is 28.1. The number of carboxylic acids is 1. The minimum absolute atomic E-state index is 0.190. The van der Waals surface area contributed by atoms with Gasteiger partial charge in [-0.15, -0.1) is 0 Å². The van der Waals surface area contributed by atoms with Gasteiger partial charge in [0.15, 0.2) is 0 Å². The molecule has 7 heteroatoms. The van der Waals surface area contributed by atoms with Crippen LogP contribution in [0.25, 0.3) is 0 Å². The Balaban J connectivity index is 2.71. The topological polar surface area (TPSA) is 107 Å². The second-order valence-electron chi connectivity index (χ2n) is 3.59. The maximum absolute atomic E-state index is 10.9. The number of hydrogen-bond acceptors (Lipinski definition) is 3. The zero-order valence-electron chi connectivity index (χ0n) is 9.04. The first-order valence-corrected chi connectivity index (χ1v) is 6.72. The van der Waals surface area contributed by atoms with Crippen molar-refractivity contribution in [1.82, 2.24) is 5.32 Å². The molecular weight excluding hydrogens is 245 g/mol. The van der Waals surface area contributed by atoms with Crippen LogP contribution in [0.5, 0.6) is 0 Å². The van der Waals surface area contributed by atoms with Gasteiger partial charge >= 0.3 is 13.6 Å². The van der Waals surface area contributed by atoms with Crippen molar-refractivity contribution in [2.45, 2.75) is 12.7 Å². The lowest BCUT2D eigenvalue weighted by molar-refractivity contribution is -0.136. The van der Waals surface area contributed by atoms with Crippen LogP contribution in [-0.4, -0.2) is 27.4 Å². The standard InChI is InChI=1S/C10H14NO5P/c12-10(13)6-11-5-8-3-1-2-4-9(8)7-17(14,15)16/h1-4,11H,5-7H2,(H,12,13)(H2,14,15,16). The molecule has 0 aliphatic heterocycles. The highest BCUT2D eigenvalue weighted by atomic mass is 31.2. The van der Waals surface area contributed by atoms with Gasteiger partial charge in [0, 0.05) is 6.54 Å². The number of carbonyl (C=O) groups is 1. The van der Waals surface area contributed by atoms with E-state index in [0.717, 1.165) is 0 Å². The van der Waals surface area contributed by atoms with Crippen LogP contribution in [0.1, 0.15) is 11.1 Å². The van der Waals surface area contributed by atoms with Crippen LogP contribution in [0.2, 0.25) is 0 Å². The molecule has 0 unspecified atom stereocenters. The molecule has 4 N–H and O–H groups in total. The summed E-state index contributed by atoms with van der Waals surface area (Å²) in [6.45, 7) is 0.0761. The van der Waals surface area contributed by atoms with Crippen LogP contribution in [0, 0.1) is 0 Å². The van der Waals surface area contributed by atoms with E-state index in [-0.39, 0.29) is 19.3 Å². The maximum Gasteiger partial charge on any atom is 0.329 e. The number of nitrogens with one attached hydrogen (secondary N) is 1. The number of benzene rings is 1. The Morgan fingerprint density at radius 1 is 1.24 bits per heavy atom. The molecule has 0 heterocycles. The van der Waals surface area contributed by atoms with Crippen LogP contribution in [0.15, 0.2) is 24.3 Å². The highest BCUT2D eigenvalue weighted by molar-refractivity contribution is 7.50. The molecule has 0 amide bonds. The molecule has 6 nitrogen and oxygen atoms in total. The summed E-state index contributed by atoms with van der Waals surface area (Å²) >= 11 is 0. The van der Waals surface area contributed by atoms with Crippen molar-refractivity contribution in [2.75, 3.05) is 6.54 Å². The van der Waals surface area contributed by atoms with Gasteiger partial charge < -0.3 is 20.2 Å². The Labute approximate surface area is 98.4 Å². The van der Waals surface area contributed by atoms with Crippen LogP contribution >= 0.6 is 7.60 Å². The smallest absolute Gasteiger partial charge is 0.329 e. The molecule has 0 aromatic heterocycles. The SMILES string of the molecule is O=C(O)CNCc1ccccc1CP(=O)(O)O. The Morgan fingerprint density at radius 3 is 2.35 bits per heavy atom. The van der Waals surface area contributed by atoms with Crippen molar-refractivity contribution in [3.05, 3.63) is 35.4 Å². The Bertz CT molecular complexity index is 442. The van der Waals surface area contributed by atoms with Gasteiger partial charge in [-0.2, -0.15) is 0 Å². The van der Waals surface area contributed by atoms with E-state index in [1.54, 1.807) is 24.3 Å². The first-order chi connectivity index (χ1) is 7.88. The number of hydrogen-bond donors (Lipinski definition) is 4. The minimum atomic E-state index is -4.11. The molecule has 0 bridgehead atoms. The first kappa shape index (κ1) is 13.9. The third-order valence-electron chi connectivity index (χ3n) is 2.09. The zero-order chi connectivity index (χ0) is 12.9. The summed E-state index contributed by atoms with van der Waals surface area (Å²) in [5.41, 5.74) is 1.22. The molecule has 17 heavy (non-hydrogen) atoms. The van der Waals surface area contributed by atoms with Crippen molar-refractivity contribution in [3.8, 4) is 0 Å². The van der Waals surface area contributed by atoms with Gasteiger partial charge in [0.25, 0.3) is 0 Å². The van der Waals surface area contributed by atoms with Crippen LogP contribution in [0.3, 0.4) is 0 Å². The Kier molecular flexibility index (Phi) is 4.84. The fraction of sp³-hybridized carbons (Fsp3) is 0.300. The maximum atomic E-state index is 10.9. The second-order valence-corrected chi connectivity index (χ2v) is 5.23. The molecule has 0 aliphatic carbocycles. The molecule has 94 valence electrons. The van der Waals surface area contributed by atoms with E-state index in [1.165, 1.54) is 0 Å². The third-order valence-corrected chi connectivity index (χ3v) is 2.84. The number of aliphatic carboxylic acids is 1. The van der Waals surface area contributed by atoms with Gasteiger partial charge in [0.05, 0.1) is 12.7 Å². The highest BCUT2D eigenvalue weighted by Gasteiger charge is 2.16. The monoisotopic (exact) mass is 259 g/mol. The number of rotatable bonds is 6. The molecule has 0 atom stereocenters. The third kappa shape index (κ3) is 5.60. The largest absolute Gasteiger partial charge is 0.480 e. The quantitative estimate of drug-likeness (QED) is 0.555. The predicted octanol–water partition coefficient (Wildman–Crippen LogP) is 0.538. The van der Waals surface area contributed by atoms with Crippen LogP contribution in [-0.2, 0) is 22.1 Å². The fourth-order valence-electron chi connectivity index (χ4n) is 1.41. The summed E-state index contributed by atoms with van der Waals surface area (Å²) in [6.07, 6.45) is -0.335. The van der Waals surface area contributed by atoms with Crippen molar-refractivity contribution in [1.29, 1.82) is 0 Å². The normalized spacial score (nSPS) is 11.4. The van der Waals surface area contributed by atoms with Crippen molar-refractivity contribution < 1.29 is 24.3 Å². The molecule has 1 rings (SSSR count). The molecule has 0 saturated heterocycles. The molecule has 1 aromatic rings. The van der Waals surface area contributed by atoms with E-state index >= 15 is 0 Å². The van der Waals surface area contributed by atoms with Crippen LogP contribution < -0.4 is 5.32 Å². The van der Waals surface area contributed by atoms with Crippen molar-refractivity contribution in [3.63, 3.8) is 0 Å². The zero-order valence-corrected chi connectivity index (χ0v) is 9.93. The first-order valence-electron chi connectivity index (χ1n) is 4.92. The van der Waals surface area contributed by atoms with E-state index < -0.39 is 13.6 Å². The summed E-state index contributed by atoms with van der Waals surface area (Å²) < 4.78 is 10.9. The summed E-state index contributed by atoms with van der Waals surface area (Å²) in [6, 6.07) is 6.75. The molecule has 0 spiro atoms. The van der Waals surface area contributed by atoms with Crippen molar-refractivity contribution >= 4 is 13.6 Å². The predicted molar refractivity (Wildman–Crippen MR) is 61.5 cm³/mol. The van der Waals surface area contributed by atoms with E-state index in [0.29, 0.717) is 11.1 Å². The Morgan fingerprint density at radius 2 is 1.82 bits per heavy atom. The molecular formula is C10H14NO5P. The van der Waals surface area contributed by atoms with Crippen molar-refractivity contribution in [2.24, 2.45) is 0 Å². The highest BCUT2D eigenvalue weighted by Crippen LogP contribution is 2.39. The average molecular weight is 259 g/mol. The van der Waals surface area contributed by atoms with Gasteiger partial charge in [0.2, 0.25) is 0 Å². The molecule has 0 aliphatic rings. The van der Waals surface area contributed by atoms with E-state index in [2.05, 4.69) is 5.32 Å². The fourth-order valence-corrected chi connectivity index (χ4v) is 2.16.